The van der Waals surface area contributed by atoms with Gasteiger partial charge >= 0.3 is 41.3 Å². The second-order valence-electron chi connectivity index (χ2n) is 12.5. The summed E-state index contributed by atoms with van der Waals surface area (Å²) >= 11 is 0. The standard InChI is InChI=1S/C21H27N3O8.C15H19N3O6/c1-6-8-9-10-29-21(28)23-18-15(7-2)11-24(20(27)22-18)19-17(32-14(5)26)16(12(3)30-19)31-13(4)25;1-5-10-6-18(15(21)17-13(10)16)14-12(24-9(4)20)11(7(2)22-14)23-8(3)19/h2,11-12,16-17,19H,6,8-10H2,1,3-5H3,(H,22,23,27,28);5-7,11-12,14H,1H2,2-4H3,(H2,16,17,21)/t12-,16-,17-,19-;7-,11-,12-,14-/m11/s1. The van der Waals surface area contributed by atoms with Crippen molar-refractivity contribution in [3.63, 3.8) is 0 Å². The Morgan fingerprint density at radius 2 is 1.30 bits per heavy atom. The number of hydrogen-bond acceptors (Lipinski definition) is 17. The number of ether oxygens (including phenoxy) is 7. The zero-order valence-electron chi connectivity index (χ0n) is 32.0. The van der Waals surface area contributed by atoms with Crippen LogP contribution in [0.4, 0.5) is 16.4 Å². The zero-order valence-corrected chi connectivity index (χ0v) is 32.0. The van der Waals surface area contributed by atoms with E-state index in [0.717, 1.165) is 22.0 Å². The summed E-state index contributed by atoms with van der Waals surface area (Å²) in [6.07, 6.45) is 4.05. The first-order chi connectivity index (χ1) is 26.4. The summed E-state index contributed by atoms with van der Waals surface area (Å²) in [5.74, 6) is -0.196. The molecule has 56 heavy (non-hydrogen) atoms. The van der Waals surface area contributed by atoms with E-state index in [0.29, 0.717) is 12.0 Å². The van der Waals surface area contributed by atoms with Gasteiger partial charge in [-0.25, -0.2) is 14.4 Å². The Labute approximate surface area is 321 Å². The highest BCUT2D eigenvalue weighted by molar-refractivity contribution is 5.85. The lowest BCUT2D eigenvalue weighted by atomic mass is 10.1. The Morgan fingerprint density at radius 3 is 1.75 bits per heavy atom. The fourth-order valence-electron chi connectivity index (χ4n) is 5.74. The van der Waals surface area contributed by atoms with Crippen molar-refractivity contribution in [2.24, 2.45) is 0 Å². The summed E-state index contributed by atoms with van der Waals surface area (Å²) < 4.78 is 39.6. The quantitative estimate of drug-likeness (QED) is 0.135. The van der Waals surface area contributed by atoms with E-state index in [2.05, 4.69) is 27.8 Å². The minimum absolute atomic E-state index is 0.0258. The van der Waals surface area contributed by atoms with Crippen LogP contribution in [0.15, 0.2) is 28.6 Å². The second-order valence-corrected chi connectivity index (χ2v) is 12.5. The molecule has 4 heterocycles. The van der Waals surface area contributed by atoms with E-state index in [1.807, 2.05) is 6.92 Å². The molecule has 2 aliphatic heterocycles. The lowest BCUT2D eigenvalue weighted by Crippen LogP contribution is -2.40. The van der Waals surface area contributed by atoms with Gasteiger partial charge in [0.15, 0.2) is 42.7 Å². The lowest BCUT2D eigenvalue weighted by molar-refractivity contribution is -0.165. The number of terminal acetylenes is 1. The number of nitrogen functional groups attached to an aromatic ring is 1. The van der Waals surface area contributed by atoms with E-state index in [4.69, 9.17) is 45.3 Å². The molecule has 2 aromatic rings. The van der Waals surface area contributed by atoms with E-state index in [1.165, 1.54) is 46.2 Å². The number of nitrogens with one attached hydrogen (secondary N) is 1. The maximum Gasteiger partial charge on any atom is 0.412 e. The first-order valence-electron chi connectivity index (χ1n) is 17.5. The van der Waals surface area contributed by atoms with E-state index in [9.17, 15) is 33.6 Å². The average Bonchev–Trinajstić information content (AvgIpc) is 3.56. The molecule has 0 aliphatic carbocycles. The molecule has 0 radical (unpaired) electrons. The van der Waals surface area contributed by atoms with Crippen LogP contribution in [0.2, 0.25) is 0 Å². The van der Waals surface area contributed by atoms with Gasteiger partial charge in [-0.15, -0.1) is 6.42 Å². The van der Waals surface area contributed by atoms with Gasteiger partial charge < -0.3 is 38.9 Å². The Balaban J connectivity index is 0.000000313. The van der Waals surface area contributed by atoms with Crippen molar-refractivity contribution in [1.29, 1.82) is 0 Å². The van der Waals surface area contributed by atoms with Crippen LogP contribution in [0, 0.1) is 12.3 Å². The third kappa shape index (κ3) is 11.5. The summed E-state index contributed by atoms with van der Waals surface area (Å²) in [7, 11) is 0. The number of rotatable bonds is 12. The smallest absolute Gasteiger partial charge is 0.412 e. The van der Waals surface area contributed by atoms with E-state index in [-0.39, 0.29) is 23.8 Å². The molecule has 4 rings (SSSR count). The van der Waals surface area contributed by atoms with Crippen molar-refractivity contribution in [3.8, 4) is 12.3 Å². The molecule has 8 atom stereocenters. The molecule has 2 fully saturated rings. The SMILES string of the molecule is C#Cc1cn([C@@H]2O[C@H](C)[C@@H](OC(C)=O)[C@H]2OC(C)=O)c(=O)nc1NC(=O)OCCCCC.C=Cc1cn([C@@H]2O[C@H](C)[C@@H](OC(C)=O)[C@H]2OC(C)=O)c(=O)nc1N. The molecule has 0 aromatic carbocycles. The van der Waals surface area contributed by atoms with Crippen molar-refractivity contribution < 1.29 is 57.1 Å². The van der Waals surface area contributed by atoms with Gasteiger partial charge in [0.1, 0.15) is 5.82 Å². The number of unbranched alkanes of at least 4 members (excludes halogenated alkanes) is 2. The summed E-state index contributed by atoms with van der Waals surface area (Å²) in [4.78, 5) is 90.2. The monoisotopic (exact) mass is 786 g/mol. The van der Waals surface area contributed by atoms with Crippen LogP contribution in [0.3, 0.4) is 0 Å². The van der Waals surface area contributed by atoms with Gasteiger partial charge in [0, 0.05) is 45.7 Å². The summed E-state index contributed by atoms with van der Waals surface area (Å²) in [6, 6.07) is 0. The molecule has 0 spiro atoms. The van der Waals surface area contributed by atoms with Gasteiger partial charge in [-0.1, -0.05) is 38.3 Å². The lowest BCUT2D eigenvalue weighted by Gasteiger charge is -2.23. The maximum absolute atomic E-state index is 12.7. The number of anilines is 2. The van der Waals surface area contributed by atoms with Crippen molar-refractivity contribution in [3.05, 3.63) is 51.1 Å². The molecule has 2 aliphatic rings. The van der Waals surface area contributed by atoms with Gasteiger partial charge in [-0.3, -0.25) is 33.6 Å². The molecular formula is C36H46N6O14. The van der Waals surface area contributed by atoms with Crippen LogP contribution in [-0.4, -0.2) is 92.3 Å². The number of nitrogens with two attached hydrogens (primary N) is 1. The molecule has 3 N–H and O–H groups in total. The highest BCUT2D eigenvalue weighted by atomic mass is 16.7. The van der Waals surface area contributed by atoms with E-state index in [1.54, 1.807) is 13.8 Å². The number of amides is 1. The first-order valence-corrected chi connectivity index (χ1v) is 17.5. The van der Waals surface area contributed by atoms with Crippen LogP contribution in [0.25, 0.3) is 6.08 Å². The summed E-state index contributed by atoms with van der Waals surface area (Å²) in [5, 5.41) is 2.36. The molecule has 2 saturated heterocycles. The molecule has 304 valence electrons. The molecule has 0 unspecified atom stereocenters. The van der Waals surface area contributed by atoms with E-state index >= 15 is 0 Å². The highest BCUT2D eigenvalue weighted by Gasteiger charge is 2.50. The molecular weight excluding hydrogens is 740 g/mol. The fraction of sp³-hybridized carbons (Fsp3) is 0.528. The van der Waals surface area contributed by atoms with Crippen LogP contribution < -0.4 is 22.4 Å². The molecule has 0 bridgehead atoms. The van der Waals surface area contributed by atoms with Gasteiger partial charge in [0.2, 0.25) is 0 Å². The average molecular weight is 787 g/mol. The Kier molecular flexibility index (Phi) is 15.8. The number of hydrogen-bond donors (Lipinski definition) is 2. The van der Waals surface area contributed by atoms with Gasteiger partial charge in [-0.2, -0.15) is 9.97 Å². The van der Waals surface area contributed by atoms with Gasteiger partial charge in [0.05, 0.1) is 24.4 Å². The van der Waals surface area contributed by atoms with Crippen LogP contribution in [0.5, 0.6) is 0 Å². The molecule has 1 amide bonds. The van der Waals surface area contributed by atoms with Crippen LogP contribution in [-0.2, 0) is 52.3 Å². The van der Waals surface area contributed by atoms with Crippen molar-refractivity contribution in [2.75, 3.05) is 17.7 Å². The summed E-state index contributed by atoms with van der Waals surface area (Å²) in [6.45, 7) is 13.9. The number of carbonyl (C=O) groups is 5. The van der Waals surface area contributed by atoms with Crippen LogP contribution in [0.1, 0.15) is 91.3 Å². The molecule has 0 saturated carbocycles. The Hall–Kier alpha value is -6.07. The molecule has 20 nitrogen and oxygen atoms in total. The number of nitrogens with zero attached hydrogens (tertiary/aromatic N) is 4. The normalized spacial score (nSPS) is 23.7. The Bertz CT molecular complexity index is 1950. The van der Waals surface area contributed by atoms with Gasteiger partial charge in [0.25, 0.3) is 0 Å². The van der Waals surface area contributed by atoms with Crippen molar-refractivity contribution in [1.82, 2.24) is 19.1 Å². The van der Waals surface area contributed by atoms with Crippen LogP contribution >= 0.6 is 0 Å². The largest absolute Gasteiger partial charge is 0.456 e. The first kappa shape index (κ1) is 44.3. The number of esters is 4. The Morgan fingerprint density at radius 1 is 0.839 bits per heavy atom. The van der Waals surface area contributed by atoms with E-state index < -0.39 is 90.4 Å². The van der Waals surface area contributed by atoms with Crippen molar-refractivity contribution >= 4 is 47.7 Å². The van der Waals surface area contributed by atoms with Gasteiger partial charge in [-0.05, 0) is 20.3 Å². The maximum atomic E-state index is 12.7. The third-order valence-electron chi connectivity index (χ3n) is 8.14. The number of carbonyl (C=O) groups excluding carboxylic acids is 5. The minimum Gasteiger partial charge on any atom is -0.456 e. The summed E-state index contributed by atoms with van der Waals surface area (Å²) in [5.41, 5.74) is 4.62. The third-order valence-corrected chi connectivity index (χ3v) is 8.14. The second kappa shape index (κ2) is 20.0. The highest BCUT2D eigenvalue weighted by Crippen LogP contribution is 2.35. The zero-order chi connectivity index (χ0) is 41.9. The predicted molar refractivity (Wildman–Crippen MR) is 195 cm³/mol. The molecule has 2 aromatic heterocycles. The predicted octanol–water partition coefficient (Wildman–Crippen LogP) is 1.99. The minimum atomic E-state index is -1.15. The number of aromatic nitrogens is 4. The topological polar surface area (TPSA) is 258 Å². The fourth-order valence-corrected chi connectivity index (χ4v) is 5.74. The van der Waals surface area contributed by atoms with Crippen molar-refractivity contribution in [2.45, 2.75) is 117 Å². The molecule has 20 heteroatoms.